The first-order valence-electron chi connectivity index (χ1n) is 9.83. The highest BCUT2D eigenvalue weighted by Gasteiger charge is 2.36. The summed E-state index contributed by atoms with van der Waals surface area (Å²) in [6.45, 7) is 5.83. The van der Waals surface area contributed by atoms with Crippen LogP contribution >= 0.6 is 11.8 Å². The number of aryl methyl sites for hydroxylation is 2. The summed E-state index contributed by atoms with van der Waals surface area (Å²) in [5.74, 6) is 0.0929. The molecular formula is C23H21N3O5S. The molecular weight excluding hydrogens is 430 g/mol. The first-order chi connectivity index (χ1) is 15.3. The van der Waals surface area contributed by atoms with Crippen LogP contribution in [0.4, 0.5) is 4.79 Å². The number of furan rings is 1. The minimum Gasteiger partial charge on any atom is -0.463 e. The quantitative estimate of drug-likeness (QED) is 0.419. The lowest BCUT2D eigenvalue weighted by Crippen LogP contribution is -2.27. The van der Waals surface area contributed by atoms with E-state index >= 15 is 0 Å². The van der Waals surface area contributed by atoms with Gasteiger partial charge < -0.3 is 13.7 Å². The molecule has 0 aromatic carbocycles. The van der Waals surface area contributed by atoms with Gasteiger partial charge in [0.25, 0.3) is 11.1 Å². The van der Waals surface area contributed by atoms with Crippen LogP contribution in [0.3, 0.4) is 0 Å². The van der Waals surface area contributed by atoms with Gasteiger partial charge in [0.15, 0.2) is 0 Å². The molecule has 1 saturated heterocycles. The fourth-order valence-electron chi connectivity index (χ4n) is 3.49. The van der Waals surface area contributed by atoms with Crippen molar-refractivity contribution in [3.05, 3.63) is 75.5 Å². The topological polar surface area (TPSA) is 94.6 Å². The molecule has 0 atom stereocenters. The van der Waals surface area contributed by atoms with Crippen molar-refractivity contribution >= 4 is 35.0 Å². The summed E-state index contributed by atoms with van der Waals surface area (Å²) in [7, 11) is 1.25. The molecule has 32 heavy (non-hydrogen) atoms. The molecule has 0 unspecified atom stereocenters. The van der Waals surface area contributed by atoms with Crippen LogP contribution in [-0.4, -0.2) is 38.7 Å². The first kappa shape index (κ1) is 21.6. The maximum Gasteiger partial charge on any atom is 0.373 e. The number of nitrogens with zero attached hydrogens (tertiary/aromatic N) is 3. The van der Waals surface area contributed by atoms with Crippen LogP contribution in [0.2, 0.25) is 0 Å². The smallest absolute Gasteiger partial charge is 0.373 e. The van der Waals surface area contributed by atoms with E-state index in [0.717, 1.165) is 45.0 Å². The summed E-state index contributed by atoms with van der Waals surface area (Å²) in [5, 5.41) is -0.397. The van der Waals surface area contributed by atoms with Crippen molar-refractivity contribution in [2.45, 2.75) is 27.3 Å². The minimum absolute atomic E-state index is 0.0159. The van der Waals surface area contributed by atoms with Crippen LogP contribution in [0, 0.1) is 20.8 Å². The van der Waals surface area contributed by atoms with Gasteiger partial charge in [0.05, 0.1) is 18.6 Å². The Labute approximate surface area is 188 Å². The van der Waals surface area contributed by atoms with Gasteiger partial charge in [-0.3, -0.25) is 14.5 Å². The Hall–Kier alpha value is -3.59. The highest BCUT2D eigenvalue weighted by atomic mass is 32.2. The number of aromatic nitrogens is 2. The van der Waals surface area contributed by atoms with Gasteiger partial charge in [0.1, 0.15) is 11.6 Å². The maximum absolute atomic E-state index is 12.9. The SMILES string of the molecule is COC(=O)c1ccc(CN2C(=O)S/C(=C/c3cc(C)n(-c4ccc(C)cn4)c3C)C2=O)o1. The molecule has 4 rings (SSSR count). The van der Waals surface area contributed by atoms with Crippen molar-refractivity contribution in [3.8, 4) is 5.82 Å². The van der Waals surface area contributed by atoms with E-state index in [1.54, 1.807) is 18.3 Å². The van der Waals surface area contributed by atoms with E-state index in [4.69, 9.17) is 4.42 Å². The maximum atomic E-state index is 12.9. The van der Waals surface area contributed by atoms with E-state index < -0.39 is 17.1 Å². The molecule has 8 nitrogen and oxygen atoms in total. The third kappa shape index (κ3) is 3.99. The molecule has 1 fully saturated rings. The molecule has 1 aliphatic heterocycles. The molecule has 0 N–H and O–H groups in total. The van der Waals surface area contributed by atoms with Gasteiger partial charge in [-0.2, -0.15) is 0 Å². The molecule has 164 valence electrons. The summed E-state index contributed by atoms with van der Waals surface area (Å²) in [4.78, 5) is 42.8. The molecule has 4 heterocycles. The Morgan fingerprint density at radius 3 is 2.66 bits per heavy atom. The van der Waals surface area contributed by atoms with Gasteiger partial charge in [-0.25, -0.2) is 9.78 Å². The van der Waals surface area contributed by atoms with Gasteiger partial charge in [-0.05, 0) is 74.0 Å². The fraction of sp³-hybridized carbons (Fsp3) is 0.217. The summed E-state index contributed by atoms with van der Waals surface area (Å²) < 4.78 is 12.0. The van der Waals surface area contributed by atoms with Crippen molar-refractivity contribution in [2.75, 3.05) is 7.11 Å². The third-order valence-electron chi connectivity index (χ3n) is 5.12. The van der Waals surface area contributed by atoms with Gasteiger partial charge >= 0.3 is 5.97 Å². The summed E-state index contributed by atoms with van der Waals surface area (Å²) in [6.07, 6.45) is 3.53. The zero-order valence-electron chi connectivity index (χ0n) is 18.0. The number of rotatable bonds is 5. The van der Waals surface area contributed by atoms with Gasteiger partial charge in [-0.1, -0.05) is 6.07 Å². The minimum atomic E-state index is -0.622. The van der Waals surface area contributed by atoms with Crippen LogP contribution in [0.5, 0.6) is 0 Å². The Morgan fingerprint density at radius 2 is 1.97 bits per heavy atom. The number of carbonyl (C=O) groups is 3. The second-order valence-corrected chi connectivity index (χ2v) is 8.37. The van der Waals surface area contributed by atoms with Crippen LogP contribution in [0.15, 0.2) is 45.9 Å². The lowest BCUT2D eigenvalue weighted by atomic mass is 10.2. The van der Waals surface area contributed by atoms with E-state index in [0.29, 0.717) is 10.7 Å². The molecule has 0 radical (unpaired) electrons. The second-order valence-electron chi connectivity index (χ2n) is 7.38. The zero-order chi connectivity index (χ0) is 23.0. The van der Waals surface area contributed by atoms with Gasteiger partial charge in [0, 0.05) is 17.6 Å². The van der Waals surface area contributed by atoms with Gasteiger partial charge in [-0.15, -0.1) is 0 Å². The zero-order valence-corrected chi connectivity index (χ0v) is 18.9. The fourth-order valence-corrected chi connectivity index (χ4v) is 4.31. The molecule has 9 heteroatoms. The van der Waals surface area contributed by atoms with E-state index in [-0.39, 0.29) is 12.3 Å². The third-order valence-corrected chi connectivity index (χ3v) is 6.02. The van der Waals surface area contributed by atoms with E-state index in [1.807, 2.05) is 43.5 Å². The van der Waals surface area contributed by atoms with Crippen LogP contribution in [-0.2, 0) is 16.1 Å². The molecule has 0 spiro atoms. The monoisotopic (exact) mass is 451 g/mol. The van der Waals surface area contributed by atoms with Crippen molar-refractivity contribution in [1.29, 1.82) is 0 Å². The lowest BCUT2D eigenvalue weighted by molar-refractivity contribution is -0.123. The predicted molar refractivity (Wildman–Crippen MR) is 119 cm³/mol. The number of pyridine rings is 1. The number of imide groups is 1. The van der Waals surface area contributed by atoms with Crippen molar-refractivity contribution in [2.24, 2.45) is 0 Å². The number of ether oxygens (including phenoxy) is 1. The number of methoxy groups -OCH3 is 1. The number of thioether (sulfide) groups is 1. The Morgan fingerprint density at radius 1 is 1.19 bits per heavy atom. The Kier molecular flexibility index (Phi) is 5.75. The number of hydrogen-bond acceptors (Lipinski definition) is 7. The number of esters is 1. The number of amides is 2. The molecule has 0 saturated carbocycles. The highest BCUT2D eigenvalue weighted by Crippen LogP contribution is 2.34. The predicted octanol–water partition coefficient (Wildman–Crippen LogP) is 4.41. The molecule has 1 aliphatic rings. The van der Waals surface area contributed by atoms with Crippen molar-refractivity contribution in [3.63, 3.8) is 0 Å². The van der Waals surface area contributed by atoms with Crippen LogP contribution < -0.4 is 0 Å². The Bertz CT molecular complexity index is 1250. The summed E-state index contributed by atoms with van der Waals surface area (Å²) in [5.41, 5.74) is 3.79. The van der Waals surface area contributed by atoms with E-state index in [1.165, 1.54) is 13.2 Å². The lowest BCUT2D eigenvalue weighted by Gasteiger charge is -2.10. The van der Waals surface area contributed by atoms with Crippen LogP contribution in [0.25, 0.3) is 11.9 Å². The summed E-state index contributed by atoms with van der Waals surface area (Å²) >= 11 is 0.875. The van der Waals surface area contributed by atoms with Gasteiger partial charge in [0.2, 0.25) is 5.76 Å². The molecule has 2 amide bonds. The Balaban J connectivity index is 1.58. The standard InChI is InChI=1S/C23H21N3O5S/c1-13-5-8-20(24-11-13)26-14(2)9-16(15(26)3)10-19-21(27)25(23(29)32-19)12-17-6-7-18(31-17)22(28)30-4/h5-11H,12H2,1-4H3/b19-10+. The average Bonchev–Trinajstić information content (AvgIpc) is 3.42. The first-order valence-corrected chi connectivity index (χ1v) is 10.6. The number of carbonyl (C=O) groups excluding carboxylic acids is 3. The van der Waals surface area contributed by atoms with Crippen LogP contribution in [0.1, 0.15) is 38.8 Å². The van der Waals surface area contributed by atoms with E-state index in [9.17, 15) is 14.4 Å². The molecule has 3 aromatic heterocycles. The highest BCUT2D eigenvalue weighted by molar-refractivity contribution is 8.18. The normalized spacial score (nSPS) is 15.1. The van der Waals surface area contributed by atoms with E-state index in [2.05, 4.69) is 9.72 Å². The number of hydrogen-bond donors (Lipinski definition) is 0. The molecule has 0 aliphatic carbocycles. The van der Waals surface area contributed by atoms with Crippen molar-refractivity contribution in [1.82, 2.24) is 14.5 Å². The largest absolute Gasteiger partial charge is 0.463 e. The average molecular weight is 452 g/mol. The second kappa shape index (κ2) is 8.51. The molecule has 3 aromatic rings. The molecule has 0 bridgehead atoms. The summed E-state index contributed by atoms with van der Waals surface area (Å²) in [6, 6.07) is 8.89. The van der Waals surface area contributed by atoms with Crippen molar-refractivity contribution < 1.29 is 23.5 Å².